The van der Waals surface area contributed by atoms with Gasteiger partial charge in [0.05, 0.1) is 18.8 Å². The lowest BCUT2D eigenvalue weighted by Gasteiger charge is -2.24. The topological polar surface area (TPSA) is 66.5 Å². The van der Waals surface area contributed by atoms with Crippen LogP contribution in [0.2, 0.25) is 0 Å². The number of aliphatic hydroxyl groups is 2. The van der Waals surface area contributed by atoms with Gasteiger partial charge in [0.25, 0.3) is 0 Å². The first-order valence-corrected chi connectivity index (χ1v) is 10.3. The third kappa shape index (κ3) is 18.5. The van der Waals surface area contributed by atoms with E-state index in [-0.39, 0.29) is 25.6 Å². The first kappa shape index (κ1) is 27.1. The van der Waals surface area contributed by atoms with E-state index in [0.29, 0.717) is 6.42 Å². The molecule has 4 heteroatoms. The van der Waals surface area contributed by atoms with Crippen LogP contribution in [0.25, 0.3) is 0 Å². The van der Waals surface area contributed by atoms with E-state index in [1.165, 1.54) is 77.0 Å². The third-order valence-electron chi connectivity index (χ3n) is 4.82. The molecule has 152 valence electrons. The van der Waals surface area contributed by atoms with Gasteiger partial charge in [-0.15, -0.1) is 12.4 Å². The highest BCUT2D eigenvalue weighted by molar-refractivity contribution is 5.85. The van der Waals surface area contributed by atoms with E-state index >= 15 is 0 Å². The second kappa shape index (κ2) is 20.2. The lowest BCUT2D eigenvalue weighted by atomic mass is 9.94. The van der Waals surface area contributed by atoms with Crippen molar-refractivity contribution in [1.29, 1.82) is 0 Å². The number of hydrogen-bond donors (Lipinski definition) is 3. The van der Waals surface area contributed by atoms with Crippen molar-refractivity contribution in [2.45, 2.75) is 109 Å². The predicted octanol–water partition coefficient (Wildman–Crippen LogP) is 5.52. The number of aliphatic hydroxyl groups excluding tert-OH is 2. The van der Waals surface area contributed by atoms with Crippen molar-refractivity contribution in [2.75, 3.05) is 13.2 Å². The summed E-state index contributed by atoms with van der Waals surface area (Å²) in [5.41, 5.74) is 5.07. The molecule has 0 rings (SSSR count). The summed E-state index contributed by atoms with van der Waals surface area (Å²) in [4.78, 5) is 0. The molecule has 0 aromatic rings. The fraction of sp³-hybridized carbons (Fsp3) is 0.905. The van der Waals surface area contributed by atoms with Crippen LogP contribution in [0.15, 0.2) is 12.2 Å². The molecule has 0 radical (unpaired) electrons. The first-order valence-electron chi connectivity index (χ1n) is 10.3. The zero-order valence-electron chi connectivity index (χ0n) is 16.6. The number of halogens is 1. The Morgan fingerprint density at radius 2 is 1.08 bits per heavy atom. The molecule has 0 fully saturated rings. The number of unbranched alkanes of at least 4 members (excludes halogenated alkanes) is 12. The normalized spacial score (nSPS) is 11.8. The maximum atomic E-state index is 9.12. The molecule has 0 saturated carbocycles. The molecule has 0 aliphatic heterocycles. The summed E-state index contributed by atoms with van der Waals surface area (Å²) in [6, 6.07) is 0. The quantitative estimate of drug-likeness (QED) is 0.217. The van der Waals surface area contributed by atoms with E-state index < -0.39 is 5.54 Å². The second-order valence-corrected chi connectivity index (χ2v) is 7.37. The van der Waals surface area contributed by atoms with Crippen molar-refractivity contribution in [3.8, 4) is 0 Å². The number of nitrogens with two attached hydrogens (primary N) is 1. The molecule has 0 aromatic heterocycles. The Labute approximate surface area is 162 Å². The van der Waals surface area contributed by atoms with Crippen LogP contribution in [0.1, 0.15) is 103 Å². The van der Waals surface area contributed by atoms with E-state index in [9.17, 15) is 0 Å². The summed E-state index contributed by atoms with van der Waals surface area (Å²) >= 11 is 0. The summed E-state index contributed by atoms with van der Waals surface area (Å²) in [6.07, 6.45) is 23.4. The van der Waals surface area contributed by atoms with Crippen LogP contribution in [-0.2, 0) is 0 Å². The molecule has 0 bridgehead atoms. The monoisotopic (exact) mass is 377 g/mol. The van der Waals surface area contributed by atoms with Gasteiger partial charge in [-0.1, -0.05) is 83.3 Å². The number of allylic oxidation sites excluding steroid dienone is 2. The number of rotatable bonds is 18. The summed E-state index contributed by atoms with van der Waals surface area (Å²) in [5.74, 6) is 0. The highest BCUT2D eigenvalue weighted by Crippen LogP contribution is 2.14. The largest absolute Gasteiger partial charge is 0.394 e. The minimum absolute atomic E-state index is 0. The molecule has 0 unspecified atom stereocenters. The van der Waals surface area contributed by atoms with Crippen LogP contribution >= 0.6 is 12.4 Å². The van der Waals surface area contributed by atoms with E-state index in [1.54, 1.807) is 0 Å². The van der Waals surface area contributed by atoms with E-state index in [1.807, 2.05) is 0 Å². The van der Waals surface area contributed by atoms with Gasteiger partial charge in [0.15, 0.2) is 0 Å². The predicted molar refractivity (Wildman–Crippen MR) is 112 cm³/mol. The second-order valence-electron chi connectivity index (χ2n) is 7.37. The van der Waals surface area contributed by atoms with Crippen molar-refractivity contribution in [3.05, 3.63) is 12.2 Å². The molecule has 0 aliphatic carbocycles. The summed E-state index contributed by atoms with van der Waals surface area (Å²) in [7, 11) is 0. The Morgan fingerprint density at radius 3 is 1.52 bits per heavy atom. The fourth-order valence-electron chi connectivity index (χ4n) is 2.93. The highest BCUT2D eigenvalue weighted by Gasteiger charge is 2.21. The van der Waals surface area contributed by atoms with Crippen molar-refractivity contribution in [3.63, 3.8) is 0 Å². The molecular weight excluding hydrogens is 334 g/mol. The Kier molecular flexibility index (Phi) is 21.9. The van der Waals surface area contributed by atoms with Gasteiger partial charge in [-0.2, -0.15) is 0 Å². The van der Waals surface area contributed by atoms with Gasteiger partial charge in [0.2, 0.25) is 0 Å². The lowest BCUT2D eigenvalue weighted by molar-refractivity contribution is 0.112. The zero-order chi connectivity index (χ0) is 17.9. The molecule has 0 spiro atoms. The Balaban J connectivity index is 0. The van der Waals surface area contributed by atoms with Gasteiger partial charge >= 0.3 is 0 Å². The minimum atomic E-state index is -0.777. The minimum Gasteiger partial charge on any atom is -0.394 e. The zero-order valence-corrected chi connectivity index (χ0v) is 17.4. The van der Waals surface area contributed by atoms with Gasteiger partial charge in [-0.25, -0.2) is 0 Å². The van der Waals surface area contributed by atoms with Crippen LogP contribution in [0.4, 0.5) is 0 Å². The Hall–Kier alpha value is -0.0900. The maximum absolute atomic E-state index is 9.12. The van der Waals surface area contributed by atoms with Gasteiger partial charge in [-0.05, 0) is 32.1 Å². The van der Waals surface area contributed by atoms with Crippen LogP contribution in [0, 0.1) is 0 Å². The lowest BCUT2D eigenvalue weighted by Crippen LogP contribution is -2.47. The van der Waals surface area contributed by atoms with Gasteiger partial charge in [-0.3, -0.25) is 0 Å². The highest BCUT2D eigenvalue weighted by atomic mass is 35.5. The fourth-order valence-corrected chi connectivity index (χ4v) is 2.93. The molecule has 25 heavy (non-hydrogen) atoms. The first-order chi connectivity index (χ1) is 11.7. The summed E-state index contributed by atoms with van der Waals surface area (Å²) in [6.45, 7) is 2.00. The molecule has 0 saturated heterocycles. The Bertz CT molecular complexity index is 281. The van der Waals surface area contributed by atoms with Crippen LogP contribution in [0.5, 0.6) is 0 Å². The van der Waals surface area contributed by atoms with E-state index in [4.69, 9.17) is 15.9 Å². The van der Waals surface area contributed by atoms with Gasteiger partial charge in [0.1, 0.15) is 0 Å². The van der Waals surface area contributed by atoms with Crippen molar-refractivity contribution >= 4 is 12.4 Å². The summed E-state index contributed by atoms with van der Waals surface area (Å²) in [5, 5.41) is 18.2. The molecule has 0 aromatic carbocycles. The van der Waals surface area contributed by atoms with Crippen LogP contribution < -0.4 is 5.73 Å². The van der Waals surface area contributed by atoms with E-state index in [2.05, 4.69) is 19.1 Å². The molecule has 4 N–H and O–H groups in total. The van der Waals surface area contributed by atoms with Gasteiger partial charge in [0, 0.05) is 0 Å². The standard InChI is InChI=1S/C21H43NO2.ClH/c1-2-3-4-5-6-7-8-9-10-11-12-13-14-15-16-17-18-21(22,19-23)20-24;/h9-10,23-24H,2-8,11-20,22H2,1H3;1H/b10-9+;. The van der Waals surface area contributed by atoms with Gasteiger partial charge < -0.3 is 15.9 Å². The molecule has 0 amide bonds. The molecule has 0 heterocycles. The third-order valence-corrected chi connectivity index (χ3v) is 4.82. The van der Waals surface area contributed by atoms with E-state index in [0.717, 1.165) is 12.8 Å². The number of hydrogen-bond acceptors (Lipinski definition) is 3. The van der Waals surface area contributed by atoms with Crippen molar-refractivity contribution in [2.24, 2.45) is 5.73 Å². The summed E-state index contributed by atoms with van der Waals surface area (Å²) < 4.78 is 0. The maximum Gasteiger partial charge on any atom is 0.0633 e. The SMILES string of the molecule is CCCCCCCC/C=C/CCCCCCCCC(N)(CO)CO.Cl. The smallest absolute Gasteiger partial charge is 0.0633 e. The van der Waals surface area contributed by atoms with Crippen LogP contribution in [-0.4, -0.2) is 29.0 Å². The Morgan fingerprint density at radius 1 is 0.680 bits per heavy atom. The molecule has 0 atom stereocenters. The average molecular weight is 378 g/mol. The molecule has 3 nitrogen and oxygen atoms in total. The molecular formula is C21H44ClNO2. The molecule has 0 aliphatic rings. The van der Waals surface area contributed by atoms with Crippen molar-refractivity contribution in [1.82, 2.24) is 0 Å². The average Bonchev–Trinajstić information content (AvgIpc) is 2.61. The van der Waals surface area contributed by atoms with Crippen LogP contribution in [0.3, 0.4) is 0 Å². The van der Waals surface area contributed by atoms with Crippen molar-refractivity contribution < 1.29 is 10.2 Å².